The third kappa shape index (κ3) is 8.39. The summed E-state index contributed by atoms with van der Waals surface area (Å²) in [6.45, 7) is 5.13. The van der Waals surface area contributed by atoms with Crippen molar-refractivity contribution in [2.75, 3.05) is 18.4 Å². The molecule has 10 heteroatoms. The highest BCUT2D eigenvalue weighted by atomic mass is 32.1. The number of hydrogen-bond donors (Lipinski definition) is 2. The van der Waals surface area contributed by atoms with Crippen LogP contribution < -0.4 is 10.1 Å². The topological polar surface area (TPSA) is 78.9 Å². The molecule has 2 heterocycles. The summed E-state index contributed by atoms with van der Waals surface area (Å²) in [6, 6.07) is 20.2. The van der Waals surface area contributed by atoms with Crippen LogP contribution in [-0.2, 0) is 11.3 Å². The molecule has 1 fully saturated rings. The SMILES string of the molecule is Cc1cc(NC(=O)c2cccs2)ccc1OC1CCN(Cc2ccccc2)CC1.O=C(O)C(F)(F)F. The van der Waals surface area contributed by atoms with Crippen LogP contribution in [0.15, 0.2) is 66.0 Å². The minimum atomic E-state index is -5.08. The van der Waals surface area contributed by atoms with Crippen molar-refractivity contribution in [3.8, 4) is 5.75 Å². The van der Waals surface area contributed by atoms with Crippen LogP contribution in [0.1, 0.15) is 33.6 Å². The van der Waals surface area contributed by atoms with Crippen LogP contribution in [0, 0.1) is 6.92 Å². The van der Waals surface area contributed by atoms with Crippen molar-refractivity contribution >= 4 is 28.9 Å². The Morgan fingerprint density at radius 3 is 2.31 bits per heavy atom. The van der Waals surface area contributed by atoms with Crippen LogP contribution in [-0.4, -0.2) is 47.3 Å². The summed E-state index contributed by atoms with van der Waals surface area (Å²) >= 11 is 1.44. The maximum Gasteiger partial charge on any atom is 0.490 e. The molecule has 1 amide bonds. The Balaban J connectivity index is 0.000000454. The largest absolute Gasteiger partial charge is 0.490 e. The number of carbonyl (C=O) groups excluding carboxylic acids is 1. The predicted molar refractivity (Wildman–Crippen MR) is 133 cm³/mol. The van der Waals surface area contributed by atoms with E-state index in [1.54, 1.807) is 0 Å². The molecule has 2 N–H and O–H groups in total. The fourth-order valence-electron chi connectivity index (χ4n) is 3.67. The molecule has 36 heavy (non-hydrogen) atoms. The first-order valence-corrected chi connectivity index (χ1v) is 12.2. The summed E-state index contributed by atoms with van der Waals surface area (Å²) in [5, 5.41) is 12.0. The van der Waals surface area contributed by atoms with Gasteiger partial charge in [-0.15, -0.1) is 11.3 Å². The second kappa shape index (κ2) is 12.5. The van der Waals surface area contributed by atoms with E-state index >= 15 is 0 Å². The van der Waals surface area contributed by atoms with Gasteiger partial charge in [0.2, 0.25) is 0 Å². The molecular weight excluding hydrogens is 493 g/mol. The number of thiophene rings is 1. The molecular formula is C26H27F3N2O4S. The molecule has 2 aromatic carbocycles. The van der Waals surface area contributed by atoms with E-state index in [1.165, 1.54) is 16.9 Å². The van der Waals surface area contributed by atoms with Gasteiger partial charge in [0.25, 0.3) is 5.91 Å². The number of benzene rings is 2. The fourth-order valence-corrected chi connectivity index (χ4v) is 4.29. The molecule has 0 saturated carbocycles. The molecule has 6 nitrogen and oxygen atoms in total. The van der Waals surface area contributed by atoms with Crippen molar-refractivity contribution in [3.63, 3.8) is 0 Å². The van der Waals surface area contributed by atoms with Crippen molar-refractivity contribution in [3.05, 3.63) is 82.0 Å². The van der Waals surface area contributed by atoms with Gasteiger partial charge in [0.15, 0.2) is 0 Å². The van der Waals surface area contributed by atoms with Crippen molar-refractivity contribution in [2.45, 2.75) is 38.6 Å². The van der Waals surface area contributed by atoms with Crippen LogP contribution in [0.25, 0.3) is 0 Å². The number of carboxylic acid groups (broad SMARTS) is 1. The van der Waals surface area contributed by atoms with E-state index in [1.807, 2.05) is 42.6 Å². The highest BCUT2D eigenvalue weighted by Gasteiger charge is 2.38. The van der Waals surface area contributed by atoms with Gasteiger partial charge in [-0.25, -0.2) is 4.79 Å². The molecule has 0 radical (unpaired) electrons. The lowest BCUT2D eigenvalue weighted by atomic mass is 10.1. The Kier molecular flexibility index (Phi) is 9.49. The van der Waals surface area contributed by atoms with Gasteiger partial charge in [-0.3, -0.25) is 9.69 Å². The number of amides is 1. The Hall–Kier alpha value is -3.37. The first kappa shape index (κ1) is 27.2. The highest BCUT2D eigenvalue weighted by Crippen LogP contribution is 2.26. The summed E-state index contributed by atoms with van der Waals surface area (Å²) in [4.78, 5) is 24.3. The number of anilines is 1. The normalized spacial score (nSPS) is 14.4. The maximum absolute atomic E-state index is 12.2. The molecule has 1 aliphatic heterocycles. The lowest BCUT2D eigenvalue weighted by molar-refractivity contribution is -0.192. The van der Waals surface area contributed by atoms with Gasteiger partial charge in [0.05, 0.1) is 4.88 Å². The van der Waals surface area contributed by atoms with Gasteiger partial charge in [-0.2, -0.15) is 13.2 Å². The van der Waals surface area contributed by atoms with E-state index in [0.717, 1.165) is 49.5 Å². The van der Waals surface area contributed by atoms with E-state index in [2.05, 4.69) is 40.5 Å². The van der Waals surface area contributed by atoms with E-state index in [0.29, 0.717) is 4.88 Å². The van der Waals surface area contributed by atoms with Gasteiger partial charge in [-0.05, 0) is 60.5 Å². The molecule has 3 aromatic rings. The van der Waals surface area contributed by atoms with Crippen LogP contribution in [0.5, 0.6) is 5.75 Å². The lowest BCUT2D eigenvalue weighted by Crippen LogP contribution is -2.37. The van der Waals surface area contributed by atoms with Crippen molar-refractivity contribution in [1.29, 1.82) is 0 Å². The number of ether oxygens (including phenoxy) is 1. The van der Waals surface area contributed by atoms with E-state index in [4.69, 9.17) is 14.6 Å². The van der Waals surface area contributed by atoms with Gasteiger partial charge < -0.3 is 15.2 Å². The number of nitrogens with zero attached hydrogens (tertiary/aromatic N) is 1. The molecule has 0 unspecified atom stereocenters. The quantitative estimate of drug-likeness (QED) is 0.418. The molecule has 192 valence electrons. The van der Waals surface area contributed by atoms with E-state index in [-0.39, 0.29) is 12.0 Å². The van der Waals surface area contributed by atoms with Crippen LogP contribution in [0.3, 0.4) is 0 Å². The Morgan fingerprint density at radius 1 is 1.08 bits per heavy atom. The molecule has 0 spiro atoms. The molecule has 0 bridgehead atoms. The number of rotatable bonds is 6. The van der Waals surface area contributed by atoms with Gasteiger partial charge >= 0.3 is 12.1 Å². The summed E-state index contributed by atoms with van der Waals surface area (Å²) in [5.74, 6) is -1.92. The molecule has 1 saturated heterocycles. The number of carboxylic acids is 1. The molecule has 0 aliphatic carbocycles. The smallest absolute Gasteiger partial charge is 0.490 e. The molecule has 1 aliphatic rings. The van der Waals surface area contributed by atoms with Crippen LogP contribution >= 0.6 is 11.3 Å². The Labute approximate surface area is 211 Å². The number of likely N-dealkylation sites (tertiary alicyclic amines) is 1. The van der Waals surface area contributed by atoms with Crippen LogP contribution in [0.2, 0.25) is 0 Å². The third-order valence-corrected chi connectivity index (χ3v) is 6.37. The molecule has 0 atom stereocenters. The highest BCUT2D eigenvalue weighted by molar-refractivity contribution is 7.12. The zero-order valence-corrected chi connectivity index (χ0v) is 20.4. The maximum atomic E-state index is 12.2. The van der Waals surface area contributed by atoms with Crippen molar-refractivity contribution < 1.29 is 32.6 Å². The minimum absolute atomic E-state index is 0.0705. The minimum Gasteiger partial charge on any atom is -0.490 e. The van der Waals surface area contributed by atoms with Gasteiger partial charge in [0.1, 0.15) is 11.9 Å². The summed E-state index contributed by atoms with van der Waals surface area (Å²) in [7, 11) is 0. The Bertz CT molecular complexity index is 1130. The number of alkyl halides is 3. The zero-order valence-electron chi connectivity index (χ0n) is 19.6. The van der Waals surface area contributed by atoms with Gasteiger partial charge in [0, 0.05) is 25.3 Å². The number of aryl methyl sites for hydroxylation is 1. The third-order valence-electron chi connectivity index (χ3n) is 5.50. The second-order valence-corrected chi connectivity index (χ2v) is 9.24. The van der Waals surface area contributed by atoms with Gasteiger partial charge in [-0.1, -0.05) is 36.4 Å². The average Bonchev–Trinajstić information content (AvgIpc) is 3.38. The Morgan fingerprint density at radius 2 is 1.75 bits per heavy atom. The summed E-state index contributed by atoms with van der Waals surface area (Å²) in [5.41, 5.74) is 3.20. The number of piperidine rings is 1. The second-order valence-electron chi connectivity index (χ2n) is 8.29. The average molecular weight is 521 g/mol. The first-order chi connectivity index (χ1) is 17.1. The molecule has 4 rings (SSSR count). The first-order valence-electron chi connectivity index (χ1n) is 11.3. The fraction of sp³-hybridized carbons (Fsp3) is 0.308. The number of aliphatic carboxylic acids is 1. The number of hydrogen-bond acceptors (Lipinski definition) is 5. The predicted octanol–water partition coefficient (Wildman–Crippen LogP) is 5.99. The molecule has 1 aromatic heterocycles. The summed E-state index contributed by atoms with van der Waals surface area (Å²) in [6.07, 6.45) is -2.78. The van der Waals surface area contributed by atoms with E-state index in [9.17, 15) is 18.0 Å². The zero-order chi connectivity index (χ0) is 26.1. The van der Waals surface area contributed by atoms with Crippen molar-refractivity contribution in [1.82, 2.24) is 4.90 Å². The van der Waals surface area contributed by atoms with E-state index < -0.39 is 12.1 Å². The van der Waals surface area contributed by atoms with Crippen molar-refractivity contribution in [2.24, 2.45) is 0 Å². The standard InChI is InChI=1S/C24H26N2O2S.C2HF3O2/c1-18-16-20(25-24(27)23-8-5-15-29-23)9-10-22(18)28-21-11-13-26(14-12-21)17-19-6-3-2-4-7-19;3-2(4,5)1(6)7/h2-10,15-16,21H,11-14,17H2,1H3,(H,25,27);(H,6,7). The number of nitrogens with one attached hydrogen (secondary N) is 1. The lowest BCUT2D eigenvalue weighted by Gasteiger charge is -2.32. The monoisotopic (exact) mass is 520 g/mol. The van der Waals surface area contributed by atoms with Crippen LogP contribution in [0.4, 0.5) is 18.9 Å². The number of halogens is 3. The number of carbonyl (C=O) groups is 2. The summed E-state index contributed by atoms with van der Waals surface area (Å²) < 4.78 is 38.0.